The van der Waals surface area contributed by atoms with Crippen LogP contribution in [0.5, 0.6) is 0 Å². The molecule has 19 heavy (non-hydrogen) atoms. The maximum absolute atomic E-state index is 12.6. The number of hydrogen-bond donors (Lipinski definition) is 1. The average Bonchev–Trinajstić information content (AvgIpc) is 2.95. The molecule has 102 valence electrons. The van der Waals surface area contributed by atoms with Gasteiger partial charge in [0, 0.05) is 23.6 Å². The van der Waals surface area contributed by atoms with Crippen molar-refractivity contribution in [2.24, 2.45) is 17.6 Å². The summed E-state index contributed by atoms with van der Waals surface area (Å²) >= 11 is 3.53. The van der Waals surface area contributed by atoms with Gasteiger partial charge in [0.05, 0.1) is 5.56 Å². The van der Waals surface area contributed by atoms with Crippen molar-refractivity contribution in [3.63, 3.8) is 0 Å². The molecular formula is C15H19BrN2O. The van der Waals surface area contributed by atoms with E-state index in [1.165, 1.54) is 6.42 Å². The second kappa shape index (κ2) is 4.91. The van der Waals surface area contributed by atoms with Crippen molar-refractivity contribution in [1.29, 1.82) is 0 Å². The summed E-state index contributed by atoms with van der Waals surface area (Å²) in [6, 6.07) is 6.13. The molecule has 2 N–H and O–H groups in total. The molecule has 2 fully saturated rings. The molecule has 0 spiro atoms. The molecule has 3 unspecified atom stereocenters. The Morgan fingerprint density at radius 2 is 2.16 bits per heavy atom. The predicted octanol–water partition coefficient (Wildman–Crippen LogP) is 2.57. The van der Waals surface area contributed by atoms with Gasteiger partial charge in [-0.15, -0.1) is 0 Å². The lowest BCUT2D eigenvalue weighted by Gasteiger charge is -2.20. The normalized spacial score (nSPS) is 29.6. The summed E-state index contributed by atoms with van der Waals surface area (Å²) in [7, 11) is 0. The number of carbonyl (C=O) groups is 1. The van der Waals surface area contributed by atoms with E-state index in [4.69, 9.17) is 5.73 Å². The van der Waals surface area contributed by atoms with E-state index in [1.807, 2.05) is 30.0 Å². The van der Waals surface area contributed by atoms with Gasteiger partial charge in [-0.2, -0.15) is 0 Å². The Kier molecular flexibility index (Phi) is 3.39. The minimum Gasteiger partial charge on any atom is -0.338 e. The fraction of sp³-hybridized carbons (Fsp3) is 0.533. The van der Waals surface area contributed by atoms with Crippen molar-refractivity contribution in [1.82, 2.24) is 4.90 Å². The number of likely N-dealkylation sites (tertiary alicyclic amines) is 1. The molecule has 1 aliphatic heterocycles. The fourth-order valence-electron chi connectivity index (χ4n) is 3.46. The van der Waals surface area contributed by atoms with Gasteiger partial charge in [-0.1, -0.05) is 12.1 Å². The molecule has 1 heterocycles. The van der Waals surface area contributed by atoms with Crippen molar-refractivity contribution in [2.75, 3.05) is 13.1 Å². The van der Waals surface area contributed by atoms with Crippen LogP contribution in [-0.2, 0) is 0 Å². The molecule has 1 saturated carbocycles. The van der Waals surface area contributed by atoms with E-state index in [0.29, 0.717) is 11.8 Å². The van der Waals surface area contributed by atoms with Crippen molar-refractivity contribution in [3.05, 3.63) is 33.8 Å². The molecule has 0 bridgehead atoms. The highest BCUT2D eigenvalue weighted by Crippen LogP contribution is 2.38. The molecule has 1 saturated heterocycles. The van der Waals surface area contributed by atoms with Crippen LogP contribution in [0.1, 0.15) is 28.8 Å². The van der Waals surface area contributed by atoms with Crippen LogP contribution < -0.4 is 5.73 Å². The molecule has 3 atom stereocenters. The molecule has 1 aliphatic carbocycles. The third kappa shape index (κ3) is 2.21. The number of fused-ring (bicyclic) bond motifs is 1. The van der Waals surface area contributed by atoms with Gasteiger partial charge in [-0.3, -0.25) is 4.79 Å². The van der Waals surface area contributed by atoms with E-state index in [1.54, 1.807) is 0 Å². The van der Waals surface area contributed by atoms with Crippen molar-refractivity contribution < 1.29 is 4.79 Å². The topological polar surface area (TPSA) is 46.3 Å². The van der Waals surface area contributed by atoms with Gasteiger partial charge < -0.3 is 10.6 Å². The predicted molar refractivity (Wildman–Crippen MR) is 79.0 cm³/mol. The Bertz CT molecular complexity index is 517. The Morgan fingerprint density at radius 3 is 2.89 bits per heavy atom. The van der Waals surface area contributed by atoms with Crippen molar-refractivity contribution >= 4 is 21.8 Å². The standard InChI is InChI=1S/C15H19BrN2O/c1-9-3-2-4-11(14(9)16)15(19)18-7-10-5-6-13(17)12(10)8-18/h2-4,10,12-13H,5-8,17H2,1H3. The van der Waals surface area contributed by atoms with Gasteiger partial charge in [0.25, 0.3) is 5.91 Å². The highest BCUT2D eigenvalue weighted by Gasteiger charge is 2.42. The van der Waals surface area contributed by atoms with E-state index >= 15 is 0 Å². The first-order valence-corrected chi connectivity index (χ1v) is 7.67. The van der Waals surface area contributed by atoms with Gasteiger partial charge in [0.15, 0.2) is 0 Å². The number of rotatable bonds is 1. The molecule has 1 aromatic rings. The average molecular weight is 323 g/mol. The molecular weight excluding hydrogens is 304 g/mol. The molecule has 2 aliphatic rings. The lowest BCUT2D eigenvalue weighted by Crippen LogP contribution is -2.33. The van der Waals surface area contributed by atoms with Gasteiger partial charge >= 0.3 is 0 Å². The van der Waals surface area contributed by atoms with E-state index < -0.39 is 0 Å². The number of hydrogen-bond acceptors (Lipinski definition) is 2. The summed E-state index contributed by atoms with van der Waals surface area (Å²) in [6.45, 7) is 3.71. The number of aryl methyl sites for hydroxylation is 1. The Morgan fingerprint density at radius 1 is 1.37 bits per heavy atom. The fourth-order valence-corrected chi connectivity index (χ4v) is 3.89. The summed E-state index contributed by atoms with van der Waals surface area (Å²) in [6.07, 6.45) is 2.29. The molecule has 0 radical (unpaired) electrons. The SMILES string of the molecule is Cc1cccc(C(=O)N2CC3CCC(N)C3C2)c1Br. The Hall–Kier alpha value is -0.870. The zero-order valence-corrected chi connectivity index (χ0v) is 12.7. The van der Waals surface area contributed by atoms with Crippen LogP contribution in [0.15, 0.2) is 22.7 Å². The van der Waals surface area contributed by atoms with Crippen LogP contribution in [0.3, 0.4) is 0 Å². The van der Waals surface area contributed by atoms with E-state index in [-0.39, 0.29) is 11.9 Å². The second-order valence-electron chi connectivity index (χ2n) is 5.81. The third-order valence-corrected chi connectivity index (χ3v) is 5.67. The number of halogens is 1. The van der Waals surface area contributed by atoms with Crippen LogP contribution >= 0.6 is 15.9 Å². The van der Waals surface area contributed by atoms with Crippen LogP contribution in [0, 0.1) is 18.8 Å². The highest BCUT2D eigenvalue weighted by molar-refractivity contribution is 9.10. The molecule has 1 aromatic carbocycles. The first kappa shape index (κ1) is 13.1. The smallest absolute Gasteiger partial charge is 0.255 e. The van der Waals surface area contributed by atoms with E-state index in [2.05, 4.69) is 15.9 Å². The number of carbonyl (C=O) groups excluding carboxylic acids is 1. The molecule has 0 aromatic heterocycles. The minimum atomic E-state index is 0.136. The number of benzene rings is 1. The van der Waals surface area contributed by atoms with Crippen LogP contribution in [0.2, 0.25) is 0 Å². The van der Waals surface area contributed by atoms with Gasteiger partial charge in [0.1, 0.15) is 0 Å². The maximum Gasteiger partial charge on any atom is 0.255 e. The van der Waals surface area contributed by atoms with Crippen molar-refractivity contribution in [2.45, 2.75) is 25.8 Å². The summed E-state index contributed by atoms with van der Waals surface area (Å²) in [4.78, 5) is 14.6. The molecule has 3 rings (SSSR count). The second-order valence-corrected chi connectivity index (χ2v) is 6.60. The summed E-state index contributed by atoms with van der Waals surface area (Å²) in [5.41, 5.74) is 8.00. The molecule has 1 amide bonds. The number of nitrogens with two attached hydrogens (primary N) is 1. The van der Waals surface area contributed by atoms with Crippen LogP contribution in [-0.4, -0.2) is 29.9 Å². The number of nitrogens with zero attached hydrogens (tertiary/aromatic N) is 1. The van der Waals surface area contributed by atoms with Crippen LogP contribution in [0.25, 0.3) is 0 Å². The first-order valence-electron chi connectivity index (χ1n) is 6.88. The third-order valence-electron chi connectivity index (χ3n) is 4.62. The lowest BCUT2D eigenvalue weighted by molar-refractivity contribution is 0.0778. The monoisotopic (exact) mass is 322 g/mol. The van der Waals surface area contributed by atoms with Crippen LogP contribution in [0.4, 0.5) is 0 Å². The first-order chi connectivity index (χ1) is 9.08. The zero-order chi connectivity index (χ0) is 13.6. The largest absolute Gasteiger partial charge is 0.338 e. The number of amides is 1. The van der Waals surface area contributed by atoms with Gasteiger partial charge in [-0.05, 0) is 59.2 Å². The van der Waals surface area contributed by atoms with Gasteiger partial charge in [-0.25, -0.2) is 0 Å². The Labute approximate surface area is 122 Å². The van der Waals surface area contributed by atoms with Gasteiger partial charge in [0.2, 0.25) is 0 Å². The minimum absolute atomic E-state index is 0.136. The quantitative estimate of drug-likeness (QED) is 0.863. The van der Waals surface area contributed by atoms with E-state index in [0.717, 1.165) is 35.1 Å². The Balaban J connectivity index is 1.81. The van der Waals surface area contributed by atoms with E-state index in [9.17, 15) is 4.79 Å². The van der Waals surface area contributed by atoms with Crippen molar-refractivity contribution in [3.8, 4) is 0 Å². The lowest BCUT2D eigenvalue weighted by atomic mass is 9.98. The maximum atomic E-state index is 12.6. The molecule has 3 nitrogen and oxygen atoms in total. The highest BCUT2D eigenvalue weighted by atomic mass is 79.9. The summed E-state index contributed by atoms with van der Waals surface area (Å²) in [5.74, 6) is 1.26. The summed E-state index contributed by atoms with van der Waals surface area (Å²) < 4.78 is 0.918. The summed E-state index contributed by atoms with van der Waals surface area (Å²) in [5, 5.41) is 0. The molecule has 4 heteroatoms. The zero-order valence-electron chi connectivity index (χ0n) is 11.1.